The van der Waals surface area contributed by atoms with Crippen molar-refractivity contribution in [1.82, 2.24) is 9.97 Å². The molecule has 3 rings (SSSR count). The summed E-state index contributed by atoms with van der Waals surface area (Å²) < 4.78 is 5.72. The summed E-state index contributed by atoms with van der Waals surface area (Å²) in [5.74, 6) is 1.14. The fourth-order valence-corrected chi connectivity index (χ4v) is 3.39. The van der Waals surface area contributed by atoms with Gasteiger partial charge in [-0.3, -0.25) is 0 Å². The van der Waals surface area contributed by atoms with E-state index in [9.17, 15) is 0 Å². The van der Waals surface area contributed by atoms with Crippen molar-refractivity contribution in [3.8, 4) is 5.75 Å². The molecule has 0 aliphatic rings. The van der Waals surface area contributed by atoms with Crippen LogP contribution in [0.25, 0.3) is 10.9 Å². The predicted molar refractivity (Wildman–Crippen MR) is 112 cm³/mol. The van der Waals surface area contributed by atoms with E-state index in [0.29, 0.717) is 11.0 Å². The third-order valence-corrected chi connectivity index (χ3v) is 4.91. The highest BCUT2D eigenvalue weighted by atomic mass is 35.5. The Hall–Kier alpha value is -2.33. The highest BCUT2D eigenvalue weighted by Gasteiger charge is 2.05. The van der Waals surface area contributed by atoms with Crippen molar-refractivity contribution in [2.75, 3.05) is 12.3 Å². The Bertz CT molecular complexity index is 869. The van der Waals surface area contributed by atoms with Gasteiger partial charge in [0.05, 0.1) is 22.8 Å². The third-order valence-electron chi connectivity index (χ3n) is 4.60. The van der Waals surface area contributed by atoms with Gasteiger partial charge in [-0.1, -0.05) is 67.6 Å². The van der Waals surface area contributed by atoms with Crippen LogP contribution in [0.2, 0.25) is 5.02 Å². The van der Waals surface area contributed by atoms with E-state index < -0.39 is 0 Å². The number of aryl methyl sites for hydroxylation is 1. The largest absolute Gasteiger partial charge is 0.492 e. The SMILES string of the molecule is Nc1nc(CCCCCCCCOc2ccccc2Cl)c2ccccc2n1. The van der Waals surface area contributed by atoms with E-state index in [1.807, 2.05) is 42.5 Å². The Morgan fingerprint density at radius 2 is 1.52 bits per heavy atom. The van der Waals surface area contributed by atoms with Crippen molar-refractivity contribution in [2.45, 2.75) is 44.9 Å². The second-order valence-corrected chi connectivity index (χ2v) is 7.10. The quantitative estimate of drug-likeness (QED) is 0.447. The van der Waals surface area contributed by atoms with Gasteiger partial charge in [-0.25, -0.2) is 9.97 Å². The summed E-state index contributed by atoms with van der Waals surface area (Å²) >= 11 is 6.08. The second-order valence-electron chi connectivity index (χ2n) is 6.70. The van der Waals surface area contributed by atoms with Crippen LogP contribution in [-0.2, 0) is 6.42 Å². The van der Waals surface area contributed by atoms with E-state index >= 15 is 0 Å². The van der Waals surface area contributed by atoms with E-state index in [-0.39, 0.29) is 0 Å². The number of unbranched alkanes of at least 4 members (excludes halogenated alkanes) is 5. The summed E-state index contributed by atoms with van der Waals surface area (Å²) in [7, 11) is 0. The summed E-state index contributed by atoms with van der Waals surface area (Å²) in [6.45, 7) is 0.718. The molecule has 0 radical (unpaired) electrons. The minimum atomic E-state index is 0.363. The second kappa shape index (κ2) is 10.1. The average Bonchev–Trinajstić information content (AvgIpc) is 2.67. The zero-order chi connectivity index (χ0) is 18.9. The number of nitrogens with two attached hydrogens (primary N) is 1. The lowest BCUT2D eigenvalue weighted by Gasteiger charge is -2.08. The normalized spacial score (nSPS) is 11.0. The van der Waals surface area contributed by atoms with Gasteiger partial charge in [-0.15, -0.1) is 0 Å². The Kier molecular flexibility index (Phi) is 7.28. The van der Waals surface area contributed by atoms with E-state index in [1.54, 1.807) is 0 Å². The van der Waals surface area contributed by atoms with Gasteiger partial charge in [-0.2, -0.15) is 0 Å². The molecule has 0 aliphatic heterocycles. The number of hydrogen-bond acceptors (Lipinski definition) is 4. The molecule has 4 nitrogen and oxygen atoms in total. The summed E-state index contributed by atoms with van der Waals surface area (Å²) in [6.07, 6.45) is 7.94. The first-order valence-corrected chi connectivity index (χ1v) is 10.0. The Morgan fingerprint density at radius 3 is 2.37 bits per heavy atom. The highest BCUT2D eigenvalue weighted by Crippen LogP contribution is 2.23. The molecule has 0 saturated heterocycles. The van der Waals surface area contributed by atoms with E-state index in [2.05, 4.69) is 16.0 Å². The van der Waals surface area contributed by atoms with Crippen LogP contribution in [0, 0.1) is 0 Å². The fourth-order valence-electron chi connectivity index (χ4n) is 3.20. The van der Waals surface area contributed by atoms with Gasteiger partial charge in [0.1, 0.15) is 5.75 Å². The van der Waals surface area contributed by atoms with Gasteiger partial charge in [-0.05, 0) is 37.5 Å². The zero-order valence-corrected chi connectivity index (χ0v) is 16.3. The first kappa shape index (κ1) is 19.4. The first-order chi connectivity index (χ1) is 13.2. The lowest BCUT2D eigenvalue weighted by molar-refractivity contribution is 0.304. The van der Waals surface area contributed by atoms with Crippen molar-refractivity contribution in [3.63, 3.8) is 0 Å². The van der Waals surface area contributed by atoms with Gasteiger partial charge in [0.15, 0.2) is 0 Å². The Balaban J connectivity index is 1.31. The molecule has 142 valence electrons. The molecule has 1 aromatic heterocycles. The number of nitrogen functional groups attached to an aromatic ring is 1. The lowest BCUT2D eigenvalue weighted by atomic mass is 10.1. The first-order valence-electron chi connectivity index (χ1n) is 9.62. The average molecular weight is 384 g/mol. The van der Waals surface area contributed by atoms with Crippen molar-refractivity contribution in [1.29, 1.82) is 0 Å². The van der Waals surface area contributed by atoms with Gasteiger partial charge in [0.2, 0.25) is 5.95 Å². The summed E-state index contributed by atoms with van der Waals surface area (Å²) in [4.78, 5) is 8.73. The Morgan fingerprint density at radius 1 is 0.815 bits per heavy atom. The summed E-state index contributed by atoms with van der Waals surface area (Å²) in [5.41, 5.74) is 7.82. The van der Waals surface area contributed by atoms with Gasteiger partial charge in [0.25, 0.3) is 0 Å². The van der Waals surface area contributed by atoms with Crippen molar-refractivity contribution in [3.05, 3.63) is 59.2 Å². The summed E-state index contributed by atoms with van der Waals surface area (Å²) in [5, 5.41) is 1.79. The molecule has 27 heavy (non-hydrogen) atoms. The molecule has 0 aliphatic carbocycles. The fraction of sp³-hybridized carbons (Fsp3) is 0.364. The molecule has 2 aromatic carbocycles. The molecule has 0 fully saturated rings. The van der Waals surface area contributed by atoms with Crippen molar-refractivity contribution >= 4 is 28.5 Å². The van der Waals surface area contributed by atoms with Crippen LogP contribution in [0.1, 0.15) is 44.2 Å². The monoisotopic (exact) mass is 383 g/mol. The van der Waals surface area contributed by atoms with Crippen LogP contribution in [0.5, 0.6) is 5.75 Å². The van der Waals surface area contributed by atoms with Gasteiger partial charge in [0, 0.05) is 5.39 Å². The standard InChI is InChI=1S/C22H26ClN3O/c23-18-12-7-9-15-21(18)27-16-10-4-2-1-3-5-13-19-17-11-6-8-14-20(17)26-22(24)25-19/h6-9,11-12,14-15H,1-5,10,13,16H2,(H2,24,25,26). The number of anilines is 1. The van der Waals surface area contributed by atoms with Crippen LogP contribution >= 0.6 is 11.6 Å². The zero-order valence-electron chi connectivity index (χ0n) is 15.5. The molecule has 0 amide bonds. The van der Waals surface area contributed by atoms with Crippen molar-refractivity contribution < 1.29 is 4.74 Å². The van der Waals surface area contributed by atoms with Crippen LogP contribution in [0.4, 0.5) is 5.95 Å². The molecule has 0 unspecified atom stereocenters. The number of hydrogen-bond donors (Lipinski definition) is 1. The molecular formula is C22H26ClN3O. The van der Waals surface area contributed by atoms with E-state index in [4.69, 9.17) is 22.1 Å². The van der Waals surface area contributed by atoms with Gasteiger partial charge >= 0.3 is 0 Å². The number of halogens is 1. The Labute approximate surface area is 165 Å². The molecule has 0 atom stereocenters. The van der Waals surface area contributed by atoms with Gasteiger partial charge < -0.3 is 10.5 Å². The van der Waals surface area contributed by atoms with Crippen LogP contribution in [0.3, 0.4) is 0 Å². The molecule has 5 heteroatoms. The topological polar surface area (TPSA) is 61.0 Å². The number of fused-ring (bicyclic) bond motifs is 1. The van der Waals surface area contributed by atoms with Crippen LogP contribution < -0.4 is 10.5 Å². The molecule has 0 spiro atoms. The molecule has 1 heterocycles. The molecule has 3 aromatic rings. The minimum absolute atomic E-state index is 0.363. The maximum atomic E-state index is 6.08. The number of aromatic nitrogens is 2. The number of ether oxygens (including phenoxy) is 1. The number of para-hydroxylation sites is 2. The van der Waals surface area contributed by atoms with Crippen LogP contribution in [-0.4, -0.2) is 16.6 Å². The molecule has 0 saturated carbocycles. The molecule has 0 bridgehead atoms. The molecule has 2 N–H and O–H groups in total. The number of nitrogens with zero attached hydrogens (tertiary/aromatic N) is 2. The van der Waals surface area contributed by atoms with E-state index in [0.717, 1.165) is 48.2 Å². The van der Waals surface area contributed by atoms with Crippen molar-refractivity contribution in [2.24, 2.45) is 0 Å². The maximum Gasteiger partial charge on any atom is 0.220 e. The number of rotatable bonds is 10. The smallest absolute Gasteiger partial charge is 0.220 e. The maximum absolute atomic E-state index is 6.08. The predicted octanol–water partition coefficient (Wildman–Crippen LogP) is 5.83. The van der Waals surface area contributed by atoms with E-state index in [1.165, 1.54) is 25.7 Å². The third kappa shape index (κ3) is 5.83. The molecular weight excluding hydrogens is 358 g/mol. The van der Waals surface area contributed by atoms with Crippen LogP contribution in [0.15, 0.2) is 48.5 Å². The highest BCUT2D eigenvalue weighted by molar-refractivity contribution is 6.32. The number of benzene rings is 2. The lowest BCUT2D eigenvalue weighted by Crippen LogP contribution is -2.01. The summed E-state index contributed by atoms with van der Waals surface area (Å²) in [6, 6.07) is 15.7. The minimum Gasteiger partial charge on any atom is -0.492 e.